The molecule has 0 bridgehead atoms. The third kappa shape index (κ3) is 3.20. The maximum absolute atomic E-state index is 12.8. The SMILES string of the molecule is CC(C)C(Nc1ccc(F)cc1Br)C(=O)O. The Morgan fingerprint density at radius 2 is 2.12 bits per heavy atom. The maximum atomic E-state index is 12.8. The van der Waals surface area contributed by atoms with Crippen molar-refractivity contribution in [2.24, 2.45) is 5.92 Å². The molecular weight excluding hydrogens is 277 g/mol. The second-order valence-corrected chi connectivity index (χ2v) is 4.68. The second-order valence-electron chi connectivity index (χ2n) is 3.83. The topological polar surface area (TPSA) is 49.3 Å². The summed E-state index contributed by atoms with van der Waals surface area (Å²) < 4.78 is 13.3. The quantitative estimate of drug-likeness (QED) is 0.895. The lowest BCUT2D eigenvalue weighted by Crippen LogP contribution is -2.34. The average molecular weight is 290 g/mol. The van der Waals surface area contributed by atoms with Crippen LogP contribution in [-0.2, 0) is 4.79 Å². The molecule has 0 aliphatic carbocycles. The van der Waals surface area contributed by atoms with Crippen molar-refractivity contribution in [3.05, 3.63) is 28.5 Å². The number of aliphatic carboxylic acids is 1. The van der Waals surface area contributed by atoms with Gasteiger partial charge in [-0.2, -0.15) is 0 Å². The van der Waals surface area contributed by atoms with Crippen molar-refractivity contribution in [1.82, 2.24) is 0 Å². The Balaban J connectivity index is 2.90. The molecule has 16 heavy (non-hydrogen) atoms. The fraction of sp³-hybridized carbons (Fsp3) is 0.364. The standard InChI is InChI=1S/C11H13BrFNO2/c1-6(2)10(11(15)16)14-9-4-3-7(13)5-8(9)12/h3-6,10,14H,1-2H3,(H,15,16). The van der Waals surface area contributed by atoms with Crippen LogP contribution < -0.4 is 5.32 Å². The number of anilines is 1. The van der Waals surface area contributed by atoms with Gasteiger partial charge in [0.15, 0.2) is 0 Å². The maximum Gasteiger partial charge on any atom is 0.326 e. The third-order valence-electron chi connectivity index (χ3n) is 2.17. The second kappa shape index (κ2) is 5.30. The zero-order valence-corrected chi connectivity index (χ0v) is 10.6. The number of hydrogen-bond donors (Lipinski definition) is 2. The van der Waals surface area contributed by atoms with Crippen LogP contribution in [0.3, 0.4) is 0 Å². The van der Waals surface area contributed by atoms with Gasteiger partial charge in [-0.1, -0.05) is 13.8 Å². The number of hydrogen-bond acceptors (Lipinski definition) is 2. The molecule has 1 aromatic carbocycles. The Kier molecular flexibility index (Phi) is 4.29. The van der Waals surface area contributed by atoms with Crippen molar-refractivity contribution in [3.8, 4) is 0 Å². The van der Waals surface area contributed by atoms with E-state index in [1.807, 2.05) is 13.8 Å². The molecule has 2 N–H and O–H groups in total. The van der Waals surface area contributed by atoms with Gasteiger partial charge in [0, 0.05) is 10.2 Å². The summed E-state index contributed by atoms with van der Waals surface area (Å²) in [4.78, 5) is 11.0. The molecule has 1 unspecified atom stereocenters. The van der Waals surface area contributed by atoms with Gasteiger partial charge in [-0.15, -0.1) is 0 Å². The molecule has 0 spiro atoms. The van der Waals surface area contributed by atoms with Crippen LogP contribution in [0.1, 0.15) is 13.8 Å². The van der Waals surface area contributed by atoms with Crippen molar-refractivity contribution in [3.63, 3.8) is 0 Å². The highest BCUT2D eigenvalue weighted by atomic mass is 79.9. The van der Waals surface area contributed by atoms with Gasteiger partial charge in [0.2, 0.25) is 0 Å². The number of benzene rings is 1. The minimum absolute atomic E-state index is 0.0607. The fourth-order valence-electron chi connectivity index (χ4n) is 1.29. The summed E-state index contributed by atoms with van der Waals surface area (Å²) in [6.07, 6.45) is 0. The molecule has 1 aromatic rings. The van der Waals surface area contributed by atoms with Gasteiger partial charge in [-0.05, 0) is 40.0 Å². The average Bonchev–Trinajstić information content (AvgIpc) is 2.15. The van der Waals surface area contributed by atoms with Crippen LogP contribution in [0.2, 0.25) is 0 Å². The lowest BCUT2D eigenvalue weighted by Gasteiger charge is -2.19. The molecule has 0 amide bonds. The first-order chi connectivity index (χ1) is 7.41. The van der Waals surface area contributed by atoms with Gasteiger partial charge < -0.3 is 10.4 Å². The molecule has 0 aromatic heterocycles. The summed E-state index contributed by atoms with van der Waals surface area (Å²) in [5, 5.41) is 11.9. The summed E-state index contributed by atoms with van der Waals surface area (Å²) >= 11 is 3.18. The van der Waals surface area contributed by atoms with Gasteiger partial charge >= 0.3 is 5.97 Å². The summed E-state index contributed by atoms with van der Waals surface area (Å²) in [7, 11) is 0. The van der Waals surface area contributed by atoms with E-state index in [-0.39, 0.29) is 11.7 Å². The Hall–Kier alpha value is -1.10. The molecule has 88 valence electrons. The molecular formula is C11H13BrFNO2. The number of rotatable bonds is 4. The molecule has 0 saturated heterocycles. The summed E-state index contributed by atoms with van der Waals surface area (Å²) in [6, 6.07) is 3.40. The van der Waals surface area contributed by atoms with Gasteiger partial charge in [-0.3, -0.25) is 0 Å². The Bertz CT molecular complexity index is 396. The van der Waals surface area contributed by atoms with Gasteiger partial charge in [0.05, 0.1) is 0 Å². The molecule has 0 aliphatic heterocycles. The molecule has 1 atom stereocenters. The van der Waals surface area contributed by atoms with E-state index in [1.165, 1.54) is 18.2 Å². The first kappa shape index (κ1) is 13.0. The Morgan fingerprint density at radius 1 is 1.50 bits per heavy atom. The van der Waals surface area contributed by atoms with E-state index < -0.39 is 12.0 Å². The van der Waals surface area contributed by atoms with E-state index in [1.54, 1.807) is 0 Å². The Morgan fingerprint density at radius 3 is 2.56 bits per heavy atom. The number of carbonyl (C=O) groups is 1. The number of carboxylic acid groups (broad SMARTS) is 1. The van der Waals surface area contributed by atoms with Crippen molar-refractivity contribution >= 4 is 27.6 Å². The minimum atomic E-state index is -0.925. The van der Waals surface area contributed by atoms with E-state index in [0.29, 0.717) is 10.2 Å². The summed E-state index contributed by atoms with van der Waals surface area (Å²) in [6.45, 7) is 3.62. The highest BCUT2D eigenvalue weighted by Gasteiger charge is 2.21. The molecule has 0 aliphatic rings. The van der Waals surface area contributed by atoms with Crippen molar-refractivity contribution < 1.29 is 14.3 Å². The van der Waals surface area contributed by atoms with Crippen molar-refractivity contribution in [1.29, 1.82) is 0 Å². The zero-order valence-electron chi connectivity index (χ0n) is 9.00. The van der Waals surface area contributed by atoms with Gasteiger partial charge in [-0.25, -0.2) is 9.18 Å². The number of carboxylic acids is 1. The van der Waals surface area contributed by atoms with E-state index in [9.17, 15) is 9.18 Å². The van der Waals surface area contributed by atoms with Crippen LogP contribution in [0.5, 0.6) is 0 Å². The van der Waals surface area contributed by atoms with E-state index >= 15 is 0 Å². The predicted octanol–water partition coefficient (Wildman–Crippen LogP) is 3.11. The molecule has 1 rings (SSSR count). The molecule has 0 saturated carbocycles. The lowest BCUT2D eigenvalue weighted by atomic mass is 10.0. The zero-order chi connectivity index (χ0) is 12.3. The van der Waals surface area contributed by atoms with E-state index in [2.05, 4.69) is 21.2 Å². The smallest absolute Gasteiger partial charge is 0.326 e. The van der Waals surface area contributed by atoms with E-state index in [0.717, 1.165) is 0 Å². The predicted molar refractivity (Wildman–Crippen MR) is 64.0 cm³/mol. The Labute approximate surface area is 102 Å². The first-order valence-corrected chi connectivity index (χ1v) is 5.65. The largest absolute Gasteiger partial charge is 0.480 e. The van der Waals surface area contributed by atoms with Crippen LogP contribution >= 0.6 is 15.9 Å². The first-order valence-electron chi connectivity index (χ1n) is 4.86. The van der Waals surface area contributed by atoms with Crippen LogP contribution in [0.25, 0.3) is 0 Å². The number of nitrogens with one attached hydrogen (secondary N) is 1. The van der Waals surface area contributed by atoms with Crippen LogP contribution in [0.4, 0.5) is 10.1 Å². The molecule has 0 radical (unpaired) electrons. The molecule has 3 nitrogen and oxygen atoms in total. The van der Waals surface area contributed by atoms with Gasteiger partial charge in [0.1, 0.15) is 11.9 Å². The monoisotopic (exact) mass is 289 g/mol. The molecule has 0 heterocycles. The molecule has 0 fully saturated rings. The van der Waals surface area contributed by atoms with Crippen LogP contribution in [0, 0.1) is 11.7 Å². The van der Waals surface area contributed by atoms with Crippen molar-refractivity contribution in [2.45, 2.75) is 19.9 Å². The van der Waals surface area contributed by atoms with E-state index in [4.69, 9.17) is 5.11 Å². The third-order valence-corrected chi connectivity index (χ3v) is 2.83. The summed E-state index contributed by atoms with van der Waals surface area (Å²) in [5.41, 5.74) is 0.572. The lowest BCUT2D eigenvalue weighted by molar-refractivity contribution is -0.138. The number of halogens is 2. The van der Waals surface area contributed by atoms with Crippen LogP contribution in [-0.4, -0.2) is 17.1 Å². The van der Waals surface area contributed by atoms with Crippen molar-refractivity contribution in [2.75, 3.05) is 5.32 Å². The van der Waals surface area contributed by atoms with Gasteiger partial charge in [0.25, 0.3) is 0 Å². The highest BCUT2D eigenvalue weighted by Crippen LogP contribution is 2.24. The minimum Gasteiger partial charge on any atom is -0.480 e. The fourth-order valence-corrected chi connectivity index (χ4v) is 1.75. The van der Waals surface area contributed by atoms with Crippen LogP contribution in [0.15, 0.2) is 22.7 Å². The normalized spacial score (nSPS) is 12.6. The molecule has 5 heteroatoms. The highest BCUT2D eigenvalue weighted by molar-refractivity contribution is 9.10. The summed E-state index contributed by atoms with van der Waals surface area (Å²) in [5.74, 6) is -1.35.